The molecule has 0 atom stereocenters. The summed E-state index contributed by atoms with van der Waals surface area (Å²) in [5.41, 5.74) is 0.516. The van der Waals surface area contributed by atoms with Gasteiger partial charge in [0, 0.05) is 24.5 Å². The van der Waals surface area contributed by atoms with Crippen molar-refractivity contribution in [2.45, 2.75) is 45.3 Å². The highest BCUT2D eigenvalue weighted by Gasteiger charge is 2.55. The van der Waals surface area contributed by atoms with Crippen molar-refractivity contribution in [1.29, 1.82) is 0 Å². The number of amides is 1. The number of hydrogen-bond donors (Lipinski definition) is 1. The van der Waals surface area contributed by atoms with Crippen LogP contribution in [0.4, 0.5) is 4.79 Å². The second-order valence-electron chi connectivity index (χ2n) is 8.07. The van der Waals surface area contributed by atoms with E-state index in [1.54, 1.807) is 9.47 Å². The Kier molecular flexibility index (Phi) is 3.41. The number of aromatic nitrogens is 4. The molecule has 3 heterocycles. The quantitative estimate of drug-likeness (QED) is 0.783. The first kappa shape index (κ1) is 16.4. The maximum atomic E-state index is 12.2. The second-order valence-corrected chi connectivity index (χ2v) is 8.41. The summed E-state index contributed by atoms with van der Waals surface area (Å²) in [4.78, 5) is 36.8. The van der Waals surface area contributed by atoms with Crippen molar-refractivity contribution in [2.75, 3.05) is 13.1 Å². The summed E-state index contributed by atoms with van der Waals surface area (Å²) < 4.78 is 7.04. The smallest absolute Gasteiger partial charge is 0.410 e. The van der Waals surface area contributed by atoms with Crippen molar-refractivity contribution in [2.24, 2.45) is 5.41 Å². The minimum atomic E-state index is -0.488. The Hall–Kier alpha value is -2.09. The maximum absolute atomic E-state index is 12.2. The van der Waals surface area contributed by atoms with Crippen LogP contribution >= 0.6 is 11.6 Å². The van der Waals surface area contributed by atoms with Crippen molar-refractivity contribution < 1.29 is 9.53 Å². The SMILES string of the molecule is CC(C)(C)OC(=O)N1CC2(CC(n3c(=O)[nH]c4cnc(Cl)nc43)C2)C1. The molecule has 1 saturated carbocycles. The first-order valence-corrected chi connectivity index (χ1v) is 8.64. The minimum absolute atomic E-state index is 0.0630. The van der Waals surface area contributed by atoms with Crippen LogP contribution in [0.5, 0.6) is 0 Å². The lowest BCUT2D eigenvalue weighted by molar-refractivity contribution is -0.0906. The highest BCUT2D eigenvalue weighted by molar-refractivity contribution is 6.28. The van der Waals surface area contributed by atoms with Gasteiger partial charge in [0.2, 0.25) is 5.28 Å². The zero-order valence-corrected chi connectivity index (χ0v) is 15.1. The normalized spacial score (nSPS) is 19.8. The predicted molar refractivity (Wildman–Crippen MR) is 91.7 cm³/mol. The Morgan fingerprint density at radius 2 is 2.08 bits per heavy atom. The number of halogens is 1. The van der Waals surface area contributed by atoms with Gasteiger partial charge in [-0.1, -0.05) is 0 Å². The number of likely N-dealkylation sites (tertiary alicyclic amines) is 1. The summed E-state index contributed by atoms with van der Waals surface area (Å²) in [6.07, 6.45) is 2.91. The summed E-state index contributed by atoms with van der Waals surface area (Å²) >= 11 is 5.86. The summed E-state index contributed by atoms with van der Waals surface area (Å²) in [6.45, 7) is 6.92. The maximum Gasteiger partial charge on any atom is 0.410 e. The number of nitrogens with zero attached hydrogens (tertiary/aromatic N) is 4. The molecular formula is C16H20ClN5O3. The molecule has 2 aliphatic rings. The number of nitrogens with one attached hydrogen (secondary N) is 1. The van der Waals surface area contributed by atoms with E-state index in [9.17, 15) is 9.59 Å². The second kappa shape index (κ2) is 5.20. The third kappa shape index (κ3) is 2.78. The highest BCUT2D eigenvalue weighted by Crippen LogP contribution is 2.54. The van der Waals surface area contributed by atoms with Crippen LogP contribution in [0.3, 0.4) is 0 Å². The molecule has 9 heteroatoms. The first-order chi connectivity index (χ1) is 11.7. The molecule has 1 saturated heterocycles. The van der Waals surface area contributed by atoms with Gasteiger partial charge < -0.3 is 14.6 Å². The summed E-state index contributed by atoms with van der Waals surface area (Å²) in [5.74, 6) is 0. The third-order valence-corrected chi connectivity index (χ3v) is 5.02. The summed E-state index contributed by atoms with van der Waals surface area (Å²) in [6, 6.07) is 0.0630. The monoisotopic (exact) mass is 365 g/mol. The number of H-pyrrole nitrogens is 1. The molecule has 1 spiro atoms. The van der Waals surface area contributed by atoms with Crippen LogP contribution in [0.15, 0.2) is 11.0 Å². The molecule has 2 fully saturated rings. The van der Waals surface area contributed by atoms with Crippen LogP contribution < -0.4 is 5.69 Å². The summed E-state index contributed by atoms with van der Waals surface area (Å²) in [5, 5.41) is 0.119. The van der Waals surface area contributed by atoms with E-state index in [0.717, 1.165) is 12.8 Å². The van der Waals surface area contributed by atoms with Gasteiger partial charge in [0.1, 0.15) is 11.1 Å². The van der Waals surface area contributed by atoms with Crippen LogP contribution in [0.25, 0.3) is 11.2 Å². The molecule has 2 aromatic heterocycles. The van der Waals surface area contributed by atoms with Crippen molar-refractivity contribution in [3.63, 3.8) is 0 Å². The van der Waals surface area contributed by atoms with Gasteiger partial charge in [0.15, 0.2) is 5.65 Å². The molecule has 4 rings (SSSR count). The molecule has 1 aliphatic heterocycles. The van der Waals surface area contributed by atoms with E-state index in [4.69, 9.17) is 16.3 Å². The van der Waals surface area contributed by atoms with Gasteiger partial charge in [-0.2, -0.15) is 4.98 Å². The fraction of sp³-hybridized carbons (Fsp3) is 0.625. The number of imidazole rings is 1. The average molecular weight is 366 g/mol. The van der Waals surface area contributed by atoms with E-state index in [-0.39, 0.29) is 28.5 Å². The van der Waals surface area contributed by atoms with Crippen LogP contribution in [0.2, 0.25) is 5.28 Å². The highest BCUT2D eigenvalue weighted by atomic mass is 35.5. The van der Waals surface area contributed by atoms with E-state index in [1.807, 2.05) is 20.8 Å². The standard InChI is InChI=1S/C16H20ClN5O3/c1-15(2,3)25-14(24)21-7-16(8-21)4-9(5-16)22-11-10(19-13(22)23)6-18-12(17)20-11/h6,9H,4-5,7-8H2,1-3H3,(H,19,23). The molecule has 0 radical (unpaired) electrons. The number of aromatic amines is 1. The van der Waals surface area contributed by atoms with Gasteiger partial charge >= 0.3 is 11.8 Å². The van der Waals surface area contributed by atoms with Crippen molar-refractivity contribution in [1.82, 2.24) is 24.4 Å². The van der Waals surface area contributed by atoms with Gasteiger partial charge in [-0.3, -0.25) is 4.57 Å². The molecule has 134 valence electrons. The molecule has 2 aromatic rings. The Morgan fingerprint density at radius 1 is 1.40 bits per heavy atom. The number of rotatable bonds is 1. The zero-order valence-electron chi connectivity index (χ0n) is 14.4. The lowest BCUT2D eigenvalue weighted by atomic mass is 9.60. The van der Waals surface area contributed by atoms with Crippen molar-refractivity contribution >= 4 is 28.9 Å². The first-order valence-electron chi connectivity index (χ1n) is 8.27. The van der Waals surface area contributed by atoms with Gasteiger partial charge in [0.05, 0.1) is 6.20 Å². The third-order valence-electron chi connectivity index (χ3n) is 4.83. The van der Waals surface area contributed by atoms with Crippen molar-refractivity contribution in [3.05, 3.63) is 22.0 Å². The fourth-order valence-electron chi connectivity index (χ4n) is 3.83. The lowest BCUT2D eigenvalue weighted by Crippen LogP contribution is -2.64. The van der Waals surface area contributed by atoms with Crippen LogP contribution in [-0.4, -0.2) is 49.2 Å². The molecule has 1 N–H and O–H groups in total. The van der Waals surface area contributed by atoms with Crippen LogP contribution in [-0.2, 0) is 4.74 Å². The minimum Gasteiger partial charge on any atom is -0.444 e. The van der Waals surface area contributed by atoms with Gasteiger partial charge in [-0.05, 0) is 45.2 Å². The molecular weight excluding hydrogens is 346 g/mol. The van der Waals surface area contributed by atoms with Crippen molar-refractivity contribution in [3.8, 4) is 0 Å². The number of carbonyl (C=O) groups excluding carboxylic acids is 1. The summed E-state index contributed by atoms with van der Waals surface area (Å²) in [7, 11) is 0. The molecule has 0 bridgehead atoms. The Labute approximate surface area is 149 Å². The predicted octanol–water partition coefficient (Wildman–Crippen LogP) is 2.34. The fourth-order valence-corrected chi connectivity index (χ4v) is 3.96. The van der Waals surface area contributed by atoms with E-state index in [0.29, 0.717) is 24.3 Å². The van der Waals surface area contributed by atoms with Gasteiger partial charge in [-0.25, -0.2) is 14.6 Å². The molecule has 1 amide bonds. The molecule has 8 nitrogen and oxygen atoms in total. The van der Waals surface area contributed by atoms with E-state index >= 15 is 0 Å². The molecule has 1 aliphatic carbocycles. The Morgan fingerprint density at radius 3 is 2.72 bits per heavy atom. The number of carbonyl (C=O) groups is 1. The van der Waals surface area contributed by atoms with Crippen LogP contribution in [0.1, 0.15) is 39.7 Å². The van der Waals surface area contributed by atoms with E-state index in [2.05, 4.69) is 15.0 Å². The zero-order chi connectivity index (χ0) is 18.0. The van der Waals surface area contributed by atoms with Crippen LogP contribution in [0, 0.1) is 5.41 Å². The van der Waals surface area contributed by atoms with Gasteiger partial charge in [-0.15, -0.1) is 0 Å². The molecule has 0 aromatic carbocycles. The van der Waals surface area contributed by atoms with E-state index < -0.39 is 5.60 Å². The number of fused-ring (bicyclic) bond motifs is 1. The number of hydrogen-bond acceptors (Lipinski definition) is 5. The molecule has 0 unspecified atom stereocenters. The number of ether oxygens (including phenoxy) is 1. The molecule has 25 heavy (non-hydrogen) atoms. The largest absolute Gasteiger partial charge is 0.444 e. The van der Waals surface area contributed by atoms with Gasteiger partial charge in [0.25, 0.3) is 0 Å². The average Bonchev–Trinajstić information content (AvgIpc) is 2.70. The Bertz CT molecular complexity index is 899. The Balaban J connectivity index is 1.44. The topological polar surface area (TPSA) is 93.1 Å². The lowest BCUT2D eigenvalue weighted by Gasteiger charge is -2.58. The van der Waals surface area contributed by atoms with E-state index in [1.165, 1.54) is 6.20 Å².